The molecular formula is C18H30IN3O2. The molecule has 1 aliphatic rings. The minimum atomic E-state index is -0.0297. The van der Waals surface area contributed by atoms with E-state index in [4.69, 9.17) is 15.2 Å². The molecule has 1 aromatic rings. The van der Waals surface area contributed by atoms with Crippen molar-refractivity contribution in [2.75, 3.05) is 13.7 Å². The van der Waals surface area contributed by atoms with Gasteiger partial charge in [-0.1, -0.05) is 25.7 Å². The number of benzene rings is 1. The van der Waals surface area contributed by atoms with Crippen molar-refractivity contribution in [2.45, 2.75) is 57.6 Å². The van der Waals surface area contributed by atoms with Gasteiger partial charge < -0.3 is 20.5 Å². The predicted octanol–water partition coefficient (Wildman–Crippen LogP) is 3.71. The largest absolute Gasteiger partial charge is 0.497 e. The van der Waals surface area contributed by atoms with Gasteiger partial charge in [0, 0.05) is 6.04 Å². The molecule has 136 valence electrons. The predicted molar refractivity (Wildman–Crippen MR) is 110 cm³/mol. The van der Waals surface area contributed by atoms with Crippen LogP contribution in [-0.2, 0) is 0 Å². The average molecular weight is 447 g/mol. The summed E-state index contributed by atoms with van der Waals surface area (Å²) < 4.78 is 11.0. The maximum Gasteiger partial charge on any atom is 0.188 e. The molecule has 6 heteroatoms. The number of nitrogens with two attached hydrogens (primary N) is 1. The van der Waals surface area contributed by atoms with Gasteiger partial charge in [0.25, 0.3) is 0 Å². The minimum absolute atomic E-state index is 0. The van der Waals surface area contributed by atoms with Gasteiger partial charge in [0.15, 0.2) is 5.96 Å². The topological polar surface area (TPSA) is 68.9 Å². The Kier molecular flexibility index (Phi) is 9.90. The summed E-state index contributed by atoms with van der Waals surface area (Å²) in [4.78, 5) is 4.41. The number of hydrogen-bond donors (Lipinski definition) is 2. The number of aliphatic imine (C=N–C) groups is 1. The van der Waals surface area contributed by atoms with Gasteiger partial charge in [-0.25, -0.2) is 4.99 Å². The van der Waals surface area contributed by atoms with E-state index < -0.39 is 0 Å². The average Bonchev–Trinajstić information content (AvgIpc) is 2.82. The van der Waals surface area contributed by atoms with Crippen molar-refractivity contribution in [1.82, 2.24) is 5.32 Å². The van der Waals surface area contributed by atoms with Crippen LogP contribution in [0, 0.1) is 0 Å². The molecule has 1 saturated carbocycles. The third kappa shape index (κ3) is 7.59. The Morgan fingerprint density at radius 2 is 1.75 bits per heavy atom. The smallest absolute Gasteiger partial charge is 0.188 e. The van der Waals surface area contributed by atoms with E-state index >= 15 is 0 Å². The van der Waals surface area contributed by atoms with Gasteiger partial charge >= 0.3 is 0 Å². The van der Waals surface area contributed by atoms with Crippen molar-refractivity contribution in [3.63, 3.8) is 0 Å². The van der Waals surface area contributed by atoms with Gasteiger partial charge in [0.1, 0.15) is 17.6 Å². The summed E-state index contributed by atoms with van der Waals surface area (Å²) >= 11 is 0. The highest BCUT2D eigenvalue weighted by molar-refractivity contribution is 14.0. The Bertz CT molecular complexity index is 486. The second-order valence-corrected chi connectivity index (χ2v) is 6.16. The number of halogens is 1. The van der Waals surface area contributed by atoms with E-state index in [1.807, 2.05) is 31.2 Å². The van der Waals surface area contributed by atoms with Crippen molar-refractivity contribution in [1.29, 1.82) is 0 Å². The fourth-order valence-corrected chi connectivity index (χ4v) is 2.83. The summed E-state index contributed by atoms with van der Waals surface area (Å²) in [7, 11) is 1.65. The van der Waals surface area contributed by atoms with Crippen LogP contribution in [0.5, 0.6) is 11.5 Å². The summed E-state index contributed by atoms with van der Waals surface area (Å²) in [5.74, 6) is 2.16. The van der Waals surface area contributed by atoms with E-state index in [0.717, 1.165) is 11.5 Å². The molecule has 3 N–H and O–H groups in total. The van der Waals surface area contributed by atoms with E-state index in [9.17, 15) is 0 Å². The molecule has 1 unspecified atom stereocenters. The monoisotopic (exact) mass is 447 g/mol. The zero-order valence-electron chi connectivity index (χ0n) is 14.7. The number of nitrogens with one attached hydrogen (secondary N) is 1. The Morgan fingerprint density at radius 3 is 2.33 bits per heavy atom. The third-order valence-electron chi connectivity index (χ3n) is 4.12. The highest BCUT2D eigenvalue weighted by Crippen LogP contribution is 2.18. The Hall–Kier alpha value is -1.18. The van der Waals surface area contributed by atoms with Crippen LogP contribution in [0.2, 0.25) is 0 Å². The molecule has 5 nitrogen and oxygen atoms in total. The molecule has 0 radical (unpaired) electrons. The van der Waals surface area contributed by atoms with Crippen molar-refractivity contribution in [3.8, 4) is 11.5 Å². The summed E-state index contributed by atoms with van der Waals surface area (Å²) in [6, 6.07) is 8.03. The maximum absolute atomic E-state index is 6.00. The molecule has 1 atom stereocenters. The number of rotatable bonds is 6. The molecule has 1 fully saturated rings. The normalized spacial score (nSPS) is 17.3. The van der Waals surface area contributed by atoms with Crippen LogP contribution in [0.25, 0.3) is 0 Å². The van der Waals surface area contributed by atoms with Crippen LogP contribution >= 0.6 is 24.0 Å². The van der Waals surface area contributed by atoms with E-state index in [-0.39, 0.29) is 30.1 Å². The molecule has 0 heterocycles. The number of methoxy groups -OCH3 is 1. The van der Waals surface area contributed by atoms with Crippen molar-refractivity contribution in [2.24, 2.45) is 10.7 Å². The molecule has 0 spiro atoms. The van der Waals surface area contributed by atoms with Crippen molar-refractivity contribution < 1.29 is 9.47 Å². The van der Waals surface area contributed by atoms with Gasteiger partial charge in [0.05, 0.1) is 13.7 Å². The van der Waals surface area contributed by atoms with Crippen molar-refractivity contribution in [3.05, 3.63) is 24.3 Å². The highest BCUT2D eigenvalue weighted by Gasteiger charge is 2.12. The first-order valence-corrected chi connectivity index (χ1v) is 8.54. The fraction of sp³-hybridized carbons (Fsp3) is 0.611. The first-order valence-electron chi connectivity index (χ1n) is 8.54. The quantitative estimate of drug-likeness (QED) is 0.302. The second kappa shape index (κ2) is 11.4. The van der Waals surface area contributed by atoms with Crippen LogP contribution < -0.4 is 20.5 Å². The van der Waals surface area contributed by atoms with Crippen LogP contribution in [0.4, 0.5) is 0 Å². The van der Waals surface area contributed by atoms with E-state index in [0.29, 0.717) is 18.5 Å². The molecule has 0 aliphatic heterocycles. The standard InChI is InChI=1S/C18H29N3O2.HI/c1-14(23-17-11-9-16(22-2)10-12-17)13-20-18(19)21-15-7-5-3-4-6-8-15;/h9-12,14-15H,3-8,13H2,1-2H3,(H3,19,20,21);1H. The molecule has 0 aromatic heterocycles. The highest BCUT2D eigenvalue weighted by atomic mass is 127. The number of ether oxygens (including phenoxy) is 2. The Labute approximate surface area is 162 Å². The molecule has 2 rings (SSSR count). The molecule has 0 bridgehead atoms. The van der Waals surface area contributed by atoms with Crippen LogP contribution in [0.3, 0.4) is 0 Å². The van der Waals surface area contributed by atoms with E-state index in [1.165, 1.54) is 38.5 Å². The summed E-state index contributed by atoms with van der Waals surface area (Å²) in [6.45, 7) is 2.53. The SMILES string of the molecule is COc1ccc(OC(C)CN=C(N)NC2CCCCCC2)cc1.I. The third-order valence-corrected chi connectivity index (χ3v) is 4.12. The molecule has 0 amide bonds. The lowest BCUT2D eigenvalue weighted by molar-refractivity contribution is 0.230. The zero-order chi connectivity index (χ0) is 16.5. The lowest BCUT2D eigenvalue weighted by Gasteiger charge is -2.18. The van der Waals surface area contributed by atoms with Crippen LogP contribution in [0.15, 0.2) is 29.3 Å². The van der Waals surface area contributed by atoms with Gasteiger partial charge in [-0.3, -0.25) is 0 Å². The van der Waals surface area contributed by atoms with Gasteiger partial charge in [-0.15, -0.1) is 24.0 Å². The van der Waals surface area contributed by atoms with E-state index in [1.54, 1.807) is 7.11 Å². The number of hydrogen-bond acceptors (Lipinski definition) is 3. The van der Waals surface area contributed by atoms with E-state index in [2.05, 4.69) is 10.3 Å². The van der Waals surface area contributed by atoms with Gasteiger partial charge in [-0.05, 0) is 44.0 Å². The van der Waals surface area contributed by atoms with Gasteiger partial charge in [0.2, 0.25) is 0 Å². The molecule has 24 heavy (non-hydrogen) atoms. The Morgan fingerprint density at radius 1 is 1.17 bits per heavy atom. The molecule has 1 aliphatic carbocycles. The fourth-order valence-electron chi connectivity index (χ4n) is 2.83. The first-order chi connectivity index (χ1) is 11.2. The van der Waals surface area contributed by atoms with Gasteiger partial charge in [-0.2, -0.15) is 0 Å². The lowest BCUT2D eigenvalue weighted by Crippen LogP contribution is -2.40. The summed E-state index contributed by atoms with van der Waals surface area (Å²) in [5, 5.41) is 3.35. The lowest BCUT2D eigenvalue weighted by atomic mass is 10.1. The summed E-state index contributed by atoms with van der Waals surface area (Å²) in [5.41, 5.74) is 6.00. The second-order valence-electron chi connectivity index (χ2n) is 6.16. The van der Waals surface area contributed by atoms with Crippen molar-refractivity contribution >= 4 is 29.9 Å². The van der Waals surface area contributed by atoms with Crippen LogP contribution in [-0.4, -0.2) is 31.8 Å². The molecular weight excluding hydrogens is 417 g/mol. The zero-order valence-corrected chi connectivity index (χ0v) is 17.0. The number of nitrogens with zero attached hydrogens (tertiary/aromatic N) is 1. The maximum atomic E-state index is 6.00. The summed E-state index contributed by atoms with van der Waals surface area (Å²) in [6.07, 6.45) is 7.58. The molecule has 1 aromatic carbocycles. The first kappa shape index (κ1) is 20.9. The Balaban J connectivity index is 0.00000288. The minimum Gasteiger partial charge on any atom is -0.497 e. The van der Waals surface area contributed by atoms with Crippen LogP contribution in [0.1, 0.15) is 45.4 Å². The molecule has 0 saturated heterocycles. The number of guanidine groups is 1.